The SMILES string of the molecule is CCCCCCCCCC(=O)[O][Zn][O]C(=O)CCCCCCCCC. The zero-order valence-corrected chi connectivity index (χ0v) is 19.6. The second-order valence-corrected chi connectivity index (χ2v) is 8.60. The average Bonchev–Trinajstić information content (AvgIpc) is 2.60. The van der Waals surface area contributed by atoms with Gasteiger partial charge in [-0.1, -0.05) is 0 Å². The summed E-state index contributed by atoms with van der Waals surface area (Å²) in [6.07, 6.45) is 17.5. The molecular formula is C20H38O4Zn. The molecule has 0 aliphatic carbocycles. The van der Waals surface area contributed by atoms with Crippen LogP contribution >= 0.6 is 0 Å². The first-order chi connectivity index (χ1) is 12.2. The van der Waals surface area contributed by atoms with E-state index in [4.69, 9.17) is 7.13 Å². The summed E-state index contributed by atoms with van der Waals surface area (Å²) in [7, 11) is 0. The Bertz CT molecular complexity index is 291. The average molecular weight is 408 g/mol. The van der Waals surface area contributed by atoms with E-state index < -0.39 is 17.8 Å². The number of hydrogen-bond acceptors (Lipinski definition) is 4. The molecule has 0 rings (SSSR count). The minimum absolute atomic E-state index is 0.183. The second kappa shape index (κ2) is 19.9. The quantitative estimate of drug-likeness (QED) is 0.198. The van der Waals surface area contributed by atoms with Crippen LogP contribution in [0.2, 0.25) is 0 Å². The molecule has 0 aromatic carbocycles. The first-order valence-corrected chi connectivity index (χ1v) is 12.9. The predicted octanol–water partition coefficient (Wildman–Crippen LogP) is 6.27. The Labute approximate surface area is 163 Å². The van der Waals surface area contributed by atoms with E-state index in [0.29, 0.717) is 12.8 Å². The van der Waals surface area contributed by atoms with E-state index in [0.717, 1.165) is 25.7 Å². The Morgan fingerprint density at radius 1 is 0.560 bits per heavy atom. The molecule has 0 saturated carbocycles. The molecular weight excluding hydrogens is 370 g/mol. The number of rotatable bonds is 18. The van der Waals surface area contributed by atoms with Crippen LogP contribution in [-0.2, 0) is 34.6 Å². The van der Waals surface area contributed by atoms with Crippen LogP contribution in [0.5, 0.6) is 0 Å². The van der Waals surface area contributed by atoms with Gasteiger partial charge in [-0.2, -0.15) is 0 Å². The van der Waals surface area contributed by atoms with Gasteiger partial charge in [0.05, 0.1) is 0 Å². The van der Waals surface area contributed by atoms with Gasteiger partial charge in [0, 0.05) is 0 Å². The van der Waals surface area contributed by atoms with E-state index in [1.165, 1.54) is 64.2 Å². The van der Waals surface area contributed by atoms with Crippen LogP contribution in [0.15, 0.2) is 0 Å². The molecule has 0 bridgehead atoms. The van der Waals surface area contributed by atoms with Crippen molar-refractivity contribution >= 4 is 11.9 Å². The van der Waals surface area contributed by atoms with Gasteiger partial charge in [-0.3, -0.25) is 0 Å². The Balaban J connectivity index is 3.32. The van der Waals surface area contributed by atoms with Crippen LogP contribution in [0.4, 0.5) is 0 Å². The first-order valence-electron chi connectivity index (χ1n) is 10.5. The fourth-order valence-electron chi connectivity index (χ4n) is 2.76. The van der Waals surface area contributed by atoms with Crippen LogP contribution < -0.4 is 0 Å². The maximum absolute atomic E-state index is 11.6. The molecule has 0 radical (unpaired) electrons. The Hall–Kier alpha value is -0.437. The molecule has 0 fully saturated rings. The maximum atomic E-state index is 11.6. The van der Waals surface area contributed by atoms with E-state index in [1.807, 2.05) is 0 Å². The van der Waals surface area contributed by atoms with E-state index in [1.54, 1.807) is 0 Å². The zero-order chi connectivity index (χ0) is 18.6. The van der Waals surface area contributed by atoms with Crippen molar-refractivity contribution in [1.82, 2.24) is 0 Å². The van der Waals surface area contributed by atoms with Gasteiger partial charge in [0.25, 0.3) is 0 Å². The van der Waals surface area contributed by atoms with E-state index in [-0.39, 0.29) is 11.9 Å². The van der Waals surface area contributed by atoms with Crippen molar-refractivity contribution in [1.29, 1.82) is 0 Å². The molecule has 0 atom stereocenters. The second-order valence-electron chi connectivity index (χ2n) is 6.89. The standard InChI is InChI=1S/2C10H20O2.Zn/c2*1-2-3-4-5-6-7-8-9-10(11)12;/h2*2-9H2,1H3,(H,11,12);/q;;+2/p-2. The molecule has 0 amide bonds. The fraction of sp³-hybridized carbons (Fsp3) is 0.900. The molecule has 0 aromatic heterocycles. The summed E-state index contributed by atoms with van der Waals surface area (Å²) in [6.45, 7) is 4.42. The van der Waals surface area contributed by atoms with Crippen molar-refractivity contribution in [3.63, 3.8) is 0 Å². The molecule has 0 saturated heterocycles. The van der Waals surface area contributed by atoms with Crippen LogP contribution in [0.25, 0.3) is 0 Å². The van der Waals surface area contributed by atoms with Gasteiger partial charge in [-0.25, -0.2) is 0 Å². The molecule has 0 unspecified atom stereocenters. The van der Waals surface area contributed by atoms with Crippen molar-refractivity contribution in [2.24, 2.45) is 0 Å². The van der Waals surface area contributed by atoms with Crippen LogP contribution in [0, 0.1) is 0 Å². The molecule has 0 N–H and O–H groups in total. The summed E-state index contributed by atoms with van der Waals surface area (Å²) in [4.78, 5) is 23.2. The van der Waals surface area contributed by atoms with Crippen molar-refractivity contribution in [2.75, 3.05) is 0 Å². The van der Waals surface area contributed by atoms with Crippen molar-refractivity contribution in [3.8, 4) is 0 Å². The fourth-order valence-corrected chi connectivity index (χ4v) is 4.04. The molecule has 25 heavy (non-hydrogen) atoms. The molecule has 0 spiro atoms. The van der Waals surface area contributed by atoms with Crippen molar-refractivity contribution in [3.05, 3.63) is 0 Å². The summed E-state index contributed by atoms with van der Waals surface area (Å²) >= 11 is -1.92. The molecule has 144 valence electrons. The number of carbonyl (C=O) groups is 2. The van der Waals surface area contributed by atoms with Crippen molar-refractivity contribution in [2.45, 2.75) is 117 Å². The van der Waals surface area contributed by atoms with Crippen LogP contribution in [0.1, 0.15) is 117 Å². The predicted molar refractivity (Wildman–Crippen MR) is 97.4 cm³/mol. The minimum atomic E-state index is -1.92. The molecule has 4 nitrogen and oxygen atoms in total. The van der Waals surface area contributed by atoms with E-state index in [9.17, 15) is 9.59 Å². The van der Waals surface area contributed by atoms with Gasteiger partial charge in [-0.05, 0) is 0 Å². The van der Waals surface area contributed by atoms with Crippen LogP contribution in [0.3, 0.4) is 0 Å². The molecule has 0 aliphatic rings. The van der Waals surface area contributed by atoms with Crippen LogP contribution in [-0.4, -0.2) is 11.9 Å². The molecule has 0 heterocycles. The summed E-state index contributed by atoms with van der Waals surface area (Å²) < 4.78 is 10.3. The molecule has 5 heteroatoms. The topological polar surface area (TPSA) is 52.6 Å². The van der Waals surface area contributed by atoms with Gasteiger partial charge in [0.1, 0.15) is 0 Å². The molecule has 0 aliphatic heterocycles. The third-order valence-electron chi connectivity index (χ3n) is 4.41. The Kier molecular flexibility index (Phi) is 19.5. The van der Waals surface area contributed by atoms with Gasteiger partial charge in [-0.15, -0.1) is 0 Å². The zero-order valence-electron chi connectivity index (χ0n) is 16.7. The van der Waals surface area contributed by atoms with Gasteiger partial charge in [0.15, 0.2) is 0 Å². The monoisotopic (exact) mass is 406 g/mol. The van der Waals surface area contributed by atoms with Crippen molar-refractivity contribution < 1.29 is 34.6 Å². The van der Waals surface area contributed by atoms with E-state index >= 15 is 0 Å². The van der Waals surface area contributed by atoms with Gasteiger partial charge >= 0.3 is 163 Å². The summed E-state index contributed by atoms with van der Waals surface area (Å²) in [5.41, 5.74) is 0. The Morgan fingerprint density at radius 3 is 1.24 bits per heavy atom. The molecule has 0 aromatic rings. The number of hydrogen-bond donors (Lipinski definition) is 0. The number of carbonyl (C=O) groups excluding carboxylic acids is 2. The third-order valence-corrected chi connectivity index (χ3v) is 6.25. The first kappa shape index (κ1) is 24.6. The van der Waals surface area contributed by atoms with E-state index in [2.05, 4.69) is 13.8 Å². The summed E-state index contributed by atoms with van der Waals surface area (Å²) in [5.74, 6) is -0.366. The Morgan fingerprint density at radius 2 is 0.880 bits per heavy atom. The summed E-state index contributed by atoms with van der Waals surface area (Å²) in [5, 5.41) is 0. The normalized spacial score (nSPS) is 10.3. The van der Waals surface area contributed by atoms with Gasteiger partial charge in [0.2, 0.25) is 0 Å². The number of unbranched alkanes of at least 4 members (excludes halogenated alkanes) is 12. The van der Waals surface area contributed by atoms with Gasteiger partial charge < -0.3 is 0 Å². The summed E-state index contributed by atoms with van der Waals surface area (Å²) in [6, 6.07) is 0. The third kappa shape index (κ3) is 19.7.